The molecule has 1 N–H and O–H groups in total. The highest BCUT2D eigenvalue weighted by Gasteiger charge is 2.21. The van der Waals surface area contributed by atoms with Gasteiger partial charge >= 0.3 is 5.97 Å². The van der Waals surface area contributed by atoms with Gasteiger partial charge in [-0.25, -0.2) is 9.18 Å². The van der Waals surface area contributed by atoms with E-state index in [0.29, 0.717) is 17.0 Å². The van der Waals surface area contributed by atoms with Crippen molar-refractivity contribution in [3.63, 3.8) is 0 Å². The highest BCUT2D eigenvalue weighted by Crippen LogP contribution is 2.25. The molecule has 2 rings (SSSR count). The fourth-order valence-electron chi connectivity index (χ4n) is 1.59. The molecule has 2 aromatic heterocycles. The molecular weight excluding hydrogens is 225 g/mol. The maximum Gasteiger partial charge on any atom is 0.357 e. The first-order valence-corrected chi connectivity index (χ1v) is 4.89. The fourth-order valence-corrected chi connectivity index (χ4v) is 1.59. The predicted molar refractivity (Wildman–Crippen MR) is 58.1 cm³/mol. The Hall–Kier alpha value is -2.24. The standard InChI is InChI=1S/C11H10FN3O2/c1-6-9(8-4-3-7(12)5-13-8)10(11(16)17)14-15(6)2/h3-5H,1-2H3,(H,16,17). The van der Waals surface area contributed by atoms with E-state index in [1.807, 2.05) is 0 Å². The molecule has 0 amide bonds. The molecule has 0 aliphatic heterocycles. The molecular formula is C11H10FN3O2. The van der Waals surface area contributed by atoms with E-state index in [9.17, 15) is 9.18 Å². The molecule has 0 aliphatic carbocycles. The van der Waals surface area contributed by atoms with E-state index in [1.165, 1.54) is 16.8 Å². The lowest BCUT2D eigenvalue weighted by atomic mass is 10.1. The summed E-state index contributed by atoms with van der Waals surface area (Å²) in [5, 5.41) is 12.9. The van der Waals surface area contributed by atoms with Crippen LogP contribution in [0.4, 0.5) is 4.39 Å². The van der Waals surface area contributed by atoms with Crippen molar-refractivity contribution in [3.05, 3.63) is 35.5 Å². The van der Waals surface area contributed by atoms with Crippen LogP contribution in [0.3, 0.4) is 0 Å². The summed E-state index contributed by atoms with van der Waals surface area (Å²) in [5.74, 6) is -1.60. The summed E-state index contributed by atoms with van der Waals surface area (Å²) in [6.45, 7) is 1.74. The lowest BCUT2D eigenvalue weighted by Crippen LogP contribution is -2.01. The maximum absolute atomic E-state index is 12.8. The van der Waals surface area contributed by atoms with Crippen molar-refractivity contribution in [3.8, 4) is 11.3 Å². The Kier molecular flexibility index (Phi) is 2.63. The molecule has 0 atom stereocenters. The number of aromatic nitrogens is 3. The van der Waals surface area contributed by atoms with Gasteiger partial charge in [0.1, 0.15) is 5.82 Å². The summed E-state index contributed by atoms with van der Waals surface area (Å²) in [5.41, 5.74) is 1.40. The van der Waals surface area contributed by atoms with E-state index in [0.717, 1.165) is 6.20 Å². The molecule has 0 unspecified atom stereocenters. The number of hydrogen-bond donors (Lipinski definition) is 1. The van der Waals surface area contributed by atoms with Crippen molar-refractivity contribution in [2.24, 2.45) is 7.05 Å². The summed E-state index contributed by atoms with van der Waals surface area (Å²) in [6, 6.07) is 2.67. The number of aryl methyl sites for hydroxylation is 1. The van der Waals surface area contributed by atoms with Gasteiger partial charge in [-0.1, -0.05) is 0 Å². The molecule has 0 fully saturated rings. The number of carbonyl (C=O) groups is 1. The van der Waals surface area contributed by atoms with Crippen molar-refractivity contribution in [1.82, 2.24) is 14.8 Å². The molecule has 17 heavy (non-hydrogen) atoms. The number of rotatable bonds is 2. The number of aromatic carboxylic acids is 1. The molecule has 0 saturated carbocycles. The van der Waals surface area contributed by atoms with E-state index >= 15 is 0 Å². The summed E-state index contributed by atoms with van der Waals surface area (Å²) in [7, 11) is 1.65. The topological polar surface area (TPSA) is 68.0 Å². The van der Waals surface area contributed by atoms with Crippen molar-refractivity contribution in [2.45, 2.75) is 6.92 Å². The monoisotopic (exact) mass is 235 g/mol. The molecule has 0 aromatic carbocycles. The minimum atomic E-state index is -1.13. The zero-order chi connectivity index (χ0) is 12.6. The van der Waals surface area contributed by atoms with Gasteiger partial charge in [0, 0.05) is 12.7 Å². The van der Waals surface area contributed by atoms with Gasteiger partial charge in [-0.2, -0.15) is 5.10 Å². The van der Waals surface area contributed by atoms with Crippen LogP contribution in [0.1, 0.15) is 16.2 Å². The minimum absolute atomic E-state index is 0.0795. The Balaban J connectivity index is 2.65. The van der Waals surface area contributed by atoms with Gasteiger partial charge in [-0.05, 0) is 19.1 Å². The van der Waals surface area contributed by atoms with E-state index < -0.39 is 11.8 Å². The first-order valence-electron chi connectivity index (χ1n) is 4.89. The molecule has 0 bridgehead atoms. The van der Waals surface area contributed by atoms with Crippen LogP contribution in [0, 0.1) is 12.7 Å². The van der Waals surface area contributed by atoms with Crippen LogP contribution in [0.5, 0.6) is 0 Å². The Bertz CT molecular complexity index is 575. The third kappa shape index (κ3) is 1.89. The number of halogens is 1. The zero-order valence-corrected chi connectivity index (χ0v) is 9.31. The van der Waals surface area contributed by atoms with E-state index in [-0.39, 0.29) is 5.69 Å². The van der Waals surface area contributed by atoms with Gasteiger partial charge in [-0.15, -0.1) is 0 Å². The predicted octanol–water partition coefficient (Wildman–Crippen LogP) is 1.63. The zero-order valence-electron chi connectivity index (χ0n) is 9.31. The van der Waals surface area contributed by atoms with Crippen LogP contribution in [0.25, 0.3) is 11.3 Å². The Morgan fingerprint density at radius 3 is 2.71 bits per heavy atom. The van der Waals surface area contributed by atoms with Crippen LogP contribution in [-0.4, -0.2) is 25.8 Å². The van der Waals surface area contributed by atoms with Crippen LogP contribution in [-0.2, 0) is 7.05 Å². The van der Waals surface area contributed by atoms with Crippen LogP contribution >= 0.6 is 0 Å². The highest BCUT2D eigenvalue weighted by molar-refractivity contribution is 5.94. The van der Waals surface area contributed by atoms with Crippen molar-refractivity contribution >= 4 is 5.97 Å². The second-order valence-electron chi connectivity index (χ2n) is 3.60. The Morgan fingerprint density at radius 1 is 1.47 bits per heavy atom. The summed E-state index contributed by atoms with van der Waals surface area (Å²) in [4.78, 5) is 14.9. The normalized spacial score (nSPS) is 10.5. The molecule has 2 aromatic rings. The van der Waals surface area contributed by atoms with Crippen molar-refractivity contribution in [1.29, 1.82) is 0 Å². The quantitative estimate of drug-likeness (QED) is 0.858. The van der Waals surface area contributed by atoms with Gasteiger partial charge < -0.3 is 5.11 Å². The average Bonchev–Trinajstić information content (AvgIpc) is 2.57. The van der Waals surface area contributed by atoms with Gasteiger partial charge in [0.15, 0.2) is 5.69 Å². The fraction of sp³-hybridized carbons (Fsp3) is 0.182. The SMILES string of the molecule is Cc1c(-c2ccc(F)cn2)c(C(=O)O)nn1C. The smallest absolute Gasteiger partial charge is 0.357 e. The summed E-state index contributed by atoms with van der Waals surface area (Å²) < 4.78 is 14.2. The van der Waals surface area contributed by atoms with E-state index in [1.54, 1.807) is 14.0 Å². The number of carboxylic acid groups (broad SMARTS) is 1. The second kappa shape index (κ2) is 3.97. The largest absolute Gasteiger partial charge is 0.476 e. The van der Waals surface area contributed by atoms with Crippen LogP contribution in [0.2, 0.25) is 0 Å². The molecule has 2 heterocycles. The minimum Gasteiger partial charge on any atom is -0.476 e. The lowest BCUT2D eigenvalue weighted by molar-refractivity contribution is 0.0690. The van der Waals surface area contributed by atoms with Gasteiger partial charge in [-0.3, -0.25) is 9.67 Å². The average molecular weight is 235 g/mol. The van der Waals surface area contributed by atoms with E-state index in [4.69, 9.17) is 5.11 Å². The van der Waals surface area contributed by atoms with E-state index in [2.05, 4.69) is 10.1 Å². The molecule has 0 aliphatic rings. The van der Waals surface area contributed by atoms with Crippen LogP contribution in [0.15, 0.2) is 18.3 Å². The van der Waals surface area contributed by atoms with Gasteiger partial charge in [0.05, 0.1) is 17.5 Å². The van der Waals surface area contributed by atoms with Gasteiger partial charge in [0.2, 0.25) is 0 Å². The molecule has 6 heteroatoms. The Labute approximate surface area is 96.5 Å². The molecule has 88 valence electrons. The molecule has 0 spiro atoms. The third-order valence-electron chi connectivity index (χ3n) is 2.52. The first kappa shape index (κ1) is 11.3. The van der Waals surface area contributed by atoms with Gasteiger partial charge in [0.25, 0.3) is 0 Å². The summed E-state index contributed by atoms with van der Waals surface area (Å²) in [6.07, 6.45) is 1.05. The molecule has 5 nitrogen and oxygen atoms in total. The highest BCUT2D eigenvalue weighted by atomic mass is 19.1. The van der Waals surface area contributed by atoms with Crippen molar-refractivity contribution in [2.75, 3.05) is 0 Å². The number of pyridine rings is 1. The first-order chi connectivity index (χ1) is 8.00. The number of hydrogen-bond acceptors (Lipinski definition) is 3. The molecule has 0 saturated heterocycles. The lowest BCUT2D eigenvalue weighted by Gasteiger charge is -2.00. The van der Waals surface area contributed by atoms with Crippen molar-refractivity contribution < 1.29 is 14.3 Å². The number of nitrogens with zero attached hydrogens (tertiary/aromatic N) is 3. The third-order valence-corrected chi connectivity index (χ3v) is 2.52. The molecule has 0 radical (unpaired) electrons. The second-order valence-corrected chi connectivity index (χ2v) is 3.60. The Morgan fingerprint density at radius 2 is 2.18 bits per heavy atom. The maximum atomic E-state index is 12.8. The summed E-state index contributed by atoms with van der Waals surface area (Å²) >= 11 is 0. The number of carboxylic acids is 1. The van der Waals surface area contributed by atoms with Crippen LogP contribution < -0.4 is 0 Å².